The molecule has 166 valence electrons. The van der Waals surface area contributed by atoms with Gasteiger partial charge in [-0.2, -0.15) is 0 Å². The normalized spacial score (nSPS) is 13.7. The van der Waals surface area contributed by atoms with Crippen molar-refractivity contribution in [2.75, 3.05) is 32.8 Å². The van der Waals surface area contributed by atoms with Crippen LogP contribution < -0.4 is 4.74 Å². The van der Waals surface area contributed by atoms with Crippen molar-refractivity contribution in [3.63, 3.8) is 0 Å². The van der Waals surface area contributed by atoms with Crippen LogP contribution in [0.4, 0.5) is 4.39 Å². The number of halogens is 1. The zero-order chi connectivity index (χ0) is 22.8. The number of nitrogens with zero attached hydrogens (tertiary/aromatic N) is 2. The van der Waals surface area contributed by atoms with Crippen molar-refractivity contribution in [3.8, 4) is 5.75 Å². The average Bonchev–Trinajstić information content (AvgIpc) is 2.75. The smallest absolute Gasteiger partial charge is 0.414 e. The molecule has 1 amide bonds. The molecule has 0 radical (unpaired) electrons. The molecule has 0 spiro atoms. The number of hydrogen-bond acceptors (Lipinski definition) is 5. The first-order valence-electron chi connectivity index (χ1n) is 9.65. The third kappa shape index (κ3) is 8.06. The van der Waals surface area contributed by atoms with E-state index in [1.54, 1.807) is 6.07 Å². The second-order valence-corrected chi connectivity index (χ2v) is 6.96. The summed E-state index contributed by atoms with van der Waals surface area (Å²) >= 11 is 0. The third-order valence-electron chi connectivity index (χ3n) is 4.64. The Morgan fingerprint density at radius 3 is 2.06 bits per heavy atom. The molecule has 1 fully saturated rings. The zero-order valence-corrected chi connectivity index (χ0v) is 17.2. The molecule has 2 aromatic rings. The van der Waals surface area contributed by atoms with E-state index in [2.05, 4.69) is 4.90 Å². The Balaban J connectivity index is 0.000000501. The molecule has 2 N–H and O–H groups in total. The number of carbonyl (C=O) groups is 3. The van der Waals surface area contributed by atoms with Crippen LogP contribution >= 0.6 is 0 Å². The second-order valence-electron chi connectivity index (χ2n) is 6.96. The first-order chi connectivity index (χ1) is 14.8. The maximum absolute atomic E-state index is 13.7. The molecule has 31 heavy (non-hydrogen) atoms. The number of carboxylic acid groups (broad SMARTS) is 2. The van der Waals surface area contributed by atoms with Gasteiger partial charge in [0.15, 0.2) is 6.61 Å². The van der Waals surface area contributed by atoms with E-state index in [1.807, 2.05) is 48.2 Å². The highest BCUT2D eigenvalue weighted by molar-refractivity contribution is 6.27. The summed E-state index contributed by atoms with van der Waals surface area (Å²) < 4.78 is 19.3. The molecule has 0 aromatic heterocycles. The van der Waals surface area contributed by atoms with E-state index in [4.69, 9.17) is 24.5 Å². The minimum atomic E-state index is -1.82. The monoisotopic (exact) mass is 432 g/mol. The first kappa shape index (κ1) is 23.8. The Kier molecular flexibility index (Phi) is 8.95. The van der Waals surface area contributed by atoms with Gasteiger partial charge in [0, 0.05) is 38.3 Å². The van der Waals surface area contributed by atoms with Gasteiger partial charge in [0.05, 0.1) is 0 Å². The lowest BCUT2D eigenvalue weighted by molar-refractivity contribution is -0.159. The molecule has 0 atom stereocenters. The van der Waals surface area contributed by atoms with E-state index in [-0.39, 0.29) is 18.3 Å². The standard InChI is InChI=1S/C20H23FN2O2.C2H2O4/c1-16-6-8-18(9-7-16)25-15-20(24)23-12-10-22(11-13-23)14-17-4-2-3-5-19(17)21;3-1(4)2(5)6/h2-9H,10-15H2,1H3;(H,3,4)(H,5,6). The first-order valence-corrected chi connectivity index (χ1v) is 9.65. The number of aryl methyl sites for hydroxylation is 1. The fourth-order valence-electron chi connectivity index (χ4n) is 2.89. The van der Waals surface area contributed by atoms with Crippen LogP contribution in [0.2, 0.25) is 0 Å². The van der Waals surface area contributed by atoms with Crippen LogP contribution in [-0.2, 0) is 20.9 Å². The fraction of sp³-hybridized carbons (Fsp3) is 0.318. The molecule has 0 aliphatic carbocycles. The number of piperazine rings is 1. The van der Waals surface area contributed by atoms with Gasteiger partial charge in [-0.05, 0) is 25.1 Å². The van der Waals surface area contributed by atoms with Crippen LogP contribution in [-0.4, -0.2) is 70.6 Å². The summed E-state index contributed by atoms with van der Waals surface area (Å²) in [7, 11) is 0. The molecular formula is C22H25FN2O6. The summed E-state index contributed by atoms with van der Waals surface area (Å²) in [5.74, 6) is -3.12. The van der Waals surface area contributed by atoms with E-state index in [0.717, 1.165) is 18.7 Å². The molecule has 1 saturated heterocycles. The molecule has 0 saturated carbocycles. The summed E-state index contributed by atoms with van der Waals surface area (Å²) in [6, 6.07) is 14.5. The topological polar surface area (TPSA) is 107 Å². The molecule has 8 nitrogen and oxygen atoms in total. The van der Waals surface area contributed by atoms with Gasteiger partial charge >= 0.3 is 11.9 Å². The number of aliphatic carboxylic acids is 2. The van der Waals surface area contributed by atoms with Crippen LogP contribution in [0.5, 0.6) is 5.75 Å². The molecule has 1 aliphatic rings. The van der Waals surface area contributed by atoms with Gasteiger partial charge in [0.1, 0.15) is 11.6 Å². The average molecular weight is 432 g/mol. The number of hydrogen-bond donors (Lipinski definition) is 2. The minimum absolute atomic E-state index is 0.00823. The number of rotatable bonds is 5. The SMILES string of the molecule is Cc1ccc(OCC(=O)N2CCN(Cc3ccccc3F)CC2)cc1.O=C(O)C(=O)O. The van der Waals surface area contributed by atoms with Gasteiger partial charge in [-0.1, -0.05) is 35.9 Å². The molecule has 9 heteroatoms. The van der Waals surface area contributed by atoms with Crippen molar-refractivity contribution < 1.29 is 33.7 Å². The number of carboxylic acids is 2. The van der Waals surface area contributed by atoms with Crippen LogP contribution in [0, 0.1) is 12.7 Å². The van der Waals surface area contributed by atoms with E-state index in [0.29, 0.717) is 30.9 Å². The maximum Gasteiger partial charge on any atom is 0.414 e. The number of amides is 1. The van der Waals surface area contributed by atoms with Gasteiger partial charge in [0.2, 0.25) is 0 Å². The third-order valence-corrected chi connectivity index (χ3v) is 4.64. The van der Waals surface area contributed by atoms with Crippen LogP contribution in [0.15, 0.2) is 48.5 Å². The number of carbonyl (C=O) groups excluding carboxylic acids is 1. The Morgan fingerprint density at radius 1 is 0.935 bits per heavy atom. The molecule has 1 heterocycles. The highest BCUT2D eigenvalue weighted by Crippen LogP contribution is 2.14. The van der Waals surface area contributed by atoms with Gasteiger partial charge in [-0.25, -0.2) is 14.0 Å². The predicted octanol–water partition coefficient (Wildman–Crippen LogP) is 2.01. The van der Waals surface area contributed by atoms with Crippen molar-refractivity contribution in [3.05, 3.63) is 65.5 Å². The molecule has 2 aromatic carbocycles. The van der Waals surface area contributed by atoms with Crippen molar-refractivity contribution >= 4 is 17.8 Å². The highest BCUT2D eigenvalue weighted by Gasteiger charge is 2.22. The maximum atomic E-state index is 13.7. The summed E-state index contributed by atoms with van der Waals surface area (Å²) in [6.07, 6.45) is 0. The zero-order valence-electron chi connectivity index (χ0n) is 17.2. The Hall–Kier alpha value is -3.46. The van der Waals surface area contributed by atoms with Gasteiger partial charge in [0.25, 0.3) is 5.91 Å². The van der Waals surface area contributed by atoms with Crippen LogP contribution in [0.1, 0.15) is 11.1 Å². The molecule has 0 bridgehead atoms. The van der Waals surface area contributed by atoms with Crippen LogP contribution in [0.3, 0.4) is 0 Å². The lowest BCUT2D eigenvalue weighted by Gasteiger charge is -2.34. The van der Waals surface area contributed by atoms with E-state index in [1.165, 1.54) is 6.07 Å². The van der Waals surface area contributed by atoms with E-state index >= 15 is 0 Å². The van der Waals surface area contributed by atoms with Gasteiger partial charge < -0.3 is 19.8 Å². The quantitative estimate of drug-likeness (QED) is 0.696. The molecular weight excluding hydrogens is 407 g/mol. The summed E-state index contributed by atoms with van der Waals surface area (Å²) in [6.45, 7) is 5.41. The van der Waals surface area contributed by atoms with Gasteiger partial charge in [-0.15, -0.1) is 0 Å². The predicted molar refractivity (Wildman–Crippen MR) is 110 cm³/mol. The number of ether oxygens (including phenoxy) is 1. The number of benzene rings is 2. The van der Waals surface area contributed by atoms with Crippen molar-refractivity contribution in [1.29, 1.82) is 0 Å². The lowest BCUT2D eigenvalue weighted by Crippen LogP contribution is -2.49. The Labute approximate surface area is 179 Å². The van der Waals surface area contributed by atoms with Crippen molar-refractivity contribution in [1.82, 2.24) is 9.80 Å². The molecule has 0 unspecified atom stereocenters. The van der Waals surface area contributed by atoms with Crippen molar-refractivity contribution in [2.24, 2.45) is 0 Å². The largest absolute Gasteiger partial charge is 0.484 e. The Morgan fingerprint density at radius 2 is 1.52 bits per heavy atom. The summed E-state index contributed by atoms with van der Waals surface area (Å²) in [4.78, 5) is 34.5. The summed E-state index contributed by atoms with van der Waals surface area (Å²) in [5.41, 5.74) is 1.86. The van der Waals surface area contributed by atoms with Crippen LogP contribution in [0.25, 0.3) is 0 Å². The second kappa shape index (κ2) is 11.7. The molecule has 1 aliphatic heterocycles. The van der Waals surface area contributed by atoms with E-state index in [9.17, 15) is 9.18 Å². The van der Waals surface area contributed by atoms with Gasteiger partial charge in [-0.3, -0.25) is 9.69 Å². The minimum Gasteiger partial charge on any atom is -0.484 e. The summed E-state index contributed by atoms with van der Waals surface area (Å²) in [5, 5.41) is 14.8. The Bertz CT molecular complexity index is 883. The highest BCUT2D eigenvalue weighted by atomic mass is 19.1. The lowest BCUT2D eigenvalue weighted by atomic mass is 10.2. The van der Waals surface area contributed by atoms with E-state index < -0.39 is 11.9 Å². The van der Waals surface area contributed by atoms with Crippen molar-refractivity contribution in [2.45, 2.75) is 13.5 Å². The molecule has 3 rings (SSSR count). The fourth-order valence-corrected chi connectivity index (χ4v) is 2.89.